The summed E-state index contributed by atoms with van der Waals surface area (Å²) in [5, 5.41) is 3.56. The van der Waals surface area contributed by atoms with E-state index < -0.39 is 5.82 Å². The number of pyridine rings is 2. The molecule has 4 aromatic rings. The Morgan fingerprint density at radius 2 is 2.12 bits per heavy atom. The van der Waals surface area contributed by atoms with E-state index in [2.05, 4.69) is 31.2 Å². The van der Waals surface area contributed by atoms with Crippen molar-refractivity contribution in [2.45, 2.75) is 6.92 Å². The van der Waals surface area contributed by atoms with Crippen LogP contribution in [0.3, 0.4) is 0 Å². The summed E-state index contributed by atoms with van der Waals surface area (Å²) in [7, 11) is 0. The number of nitrogens with zero attached hydrogens (tertiary/aromatic N) is 3. The number of hydrogen-bond acceptors (Lipinski definition) is 3. The van der Waals surface area contributed by atoms with E-state index in [9.17, 15) is 9.18 Å². The van der Waals surface area contributed by atoms with E-state index in [4.69, 9.17) is 0 Å². The smallest absolute Gasteiger partial charge is 0.257 e. The molecule has 7 heteroatoms. The van der Waals surface area contributed by atoms with Gasteiger partial charge in [0.25, 0.3) is 5.91 Å². The van der Waals surface area contributed by atoms with Crippen LogP contribution >= 0.6 is 15.9 Å². The van der Waals surface area contributed by atoms with Crippen LogP contribution in [0.2, 0.25) is 0 Å². The maximum absolute atomic E-state index is 14.2. The highest BCUT2D eigenvalue weighted by atomic mass is 79.9. The number of carbonyl (C=O) groups is 1. The molecule has 0 unspecified atom stereocenters. The number of amides is 1. The van der Waals surface area contributed by atoms with E-state index in [0.29, 0.717) is 22.5 Å². The number of hydrogen-bond donors (Lipinski definition) is 1. The topological polar surface area (TPSA) is 59.3 Å². The number of aromatic nitrogens is 3. The van der Waals surface area contributed by atoms with Gasteiger partial charge in [-0.3, -0.25) is 9.78 Å². The summed E-state index contributed by atoms with van der Waals surface area (Å²) in [5.74, 6) is -0.850. The number of fused-ring (bicyclic) bond motifs is 2. The molecular weight excluding hydrogens is 387 g/mol. The Balaban J connectivity index is 1.75. The standard InChI is InChI=1S/C18H12BrFN4O/c1-10-8-24-9-11(7-15(20)17(24)22-10)23-18(25)13-4-5-14(19)12-3-2-6-21-16(12)13/h2-9H,1H3,(H,23,25). The average molecular weight is 399 g/mol. The highest BCUT2D eigenvalue weighted by molar-refractivity contribution is 9.10. The lowest BCUT2D eigenvalue weighted by Crippen LogP contribution is -2.13. The molecule has 0 aliphatic carbocycles. The summed E-state index contributed by atoms with van der Waals surface area (Å²) in [6, 6.07) is 8.42. The zero-order valence-electron chi connectivity index (χ0n) is 13.1. The molecule has 1 aromatic carbocycles. The molecule has 3 heterocycles. The molecule has 0 bridgehead atoms. The molecule has 124 valence electrons. The first-order valence-electron chi connectivity index (χ1n) is 7.52. The molecule has 0 aliphatic heterocycles. The van der Waals surface area contributed by atoms with Gasteiger partial charge in [0, 0.05) is 34.5 Å². The van der Waals surface area contributed by atoms with E-state index in [-0.39, 0.29) is 11.6 Å². The first-order valence-corrected chi connectivity index (χ1v) is 8.31. The lowest BCUT2D eigenvalue weighted by molar-refractivity contribution is 0.102. The van der Waals surface area contributed by atoms with Gasteiger partial charge in [-0.15, -0.1) is 0 Å². The highest BCUT2D eigenvalue weighted by Crippen LogP contribution is 2.26. The minimum atomic E-state index is -0.496. The van der Waals surface area contributed by atoms with E-state index in [1.54, 1.807) is 48.1 Å². The number of aryl methyl sites for hydroxylation is 1. The molecule has 4 rings (SSSR count). The van der Waals surface area contributed by atoms with Gasteiger partial charge in [-0.25, -0.2) is 9.37 Å². The molecule has 0 aliphatic rings. The number of anilines is 1. The average Bonchev–Trinajstić information content (AvgIpc) is 2.96. The zero-order chi connectivity index (χ0) is 17.6. The molecular formula is C18H12BrFN4O. The van der Waals surface area contributed by atoms with Crippen molar-refractivity contribution in [1.82, 2.24) is 14.4 Å². The quantitative estimate of drug-likeness (QED) is 0.546. The number of halogens is 2. The van der Waals surface area contributed by atoms with Gasteiger partial charge in [0.1, 0.15) is 0 Å². The zero-order valence-corrected chi connectivity index (χ0v) is 14.7. The molecule has 0 saturated heterocycles. The van der Waals surface area contributed by atoms with Gasteiger partial charge in [0.05, 0.1) is 22.5 Å². The fourth-order valence-electron chi connectivity index (χ4n) is 2.77. The van der Waals surface area contributed by atoms with Crippen molar-refractivity contribution in [3.8, 4) is 0 Å². The summed E-state index contributed by atoms with van der Waals surface area (Å²) >= 11 is 3.45. The van der Waals surface area contributed by atoms with Crippen molar-refractivity contribution in [3.63, 3.8) is 0 Å². The number of imidazole rings is 1. The first kappa shape index (κ1) is 15.7. The molecule has 0 radical (unpaired) electrons. The van der Waals surface area contributed by atoms with E-state index >= 15 is 0 Å². The van der Waals surface area contributed by atoms with Crippen molar-refractivity contribution in [3.05, 3.63) is 70.5 Å². The van der Waals surface area contributed by atoms with Crippen molar-refractivity contribution in [2.24, 2.45) is 0 Å². The third-order valence-electron chi connectivity index (χ3n) is 3.85. The highest BCUT2D eigenvalue weighted by Gasteiger charge is 2.14. The molecule has 0 fully saturated rings. The maximum Gasteiger partial charge on any atom is 0.257 e. The van der Waals surface area contributed by atoms with Crippen LogP contribution in [-0.2, 0) is 0 Å². The van der Waals surface area contributed by atoms with Crippen LogP contribution in [0.1, 0.15) is 16.1 Å². The molecule has 0 saturated carbocycles. The van der Waals surface area contributed by atoms with Gasteiger partial charge in [0.2, 0.25) is 0 Å². The summed E-state index contributed by atoms with van der Waals surface area (Å²) < 4.78 is 16.6. The predicted octanol–water partition coefficient (Wildman–Crippen LogP) is 4.34. The molecule has 0 atom stereocenters. The lowest BCUT2D eigenvalue weighted by atomic mass is 10.1. The van der Waals surface area contributed by atoms with Crippen LogP contribution in [0.4, 0.5) is 10.1 Å². The minimum absolute atomic E-state index is 0.228. The van der Waals surface area contributed by atoms with E-state index in [0.717, 1.165) is 9.86 Å². The molecule has 1 N–H and O–H groups in total. The SMILES string of the molecule is Cc1cn2cc(NC(=O)c3ccc(Br)c4cccnc34)cc(F)c2n1. The molecule has 1 amide bonds. The fraction of sp³-hybridized carbons (Fsp3) is 0.0556. The normalized spacial score (nSPS) is 11.2. The summed E-state index contributed by atoms with van der Waals surface area (Å²) in [6.45, 7) is 1.78. The molecule has 0 spiro atoms. The Morgan fingerprint density at radius 3 is 2.96 bits per heavy atom. The van der Waals surface area contributed by atoms with Crippen LogP contribution in [0.5, 0.6) is 0 Å². The molecule has 5 nitrogen and oxygen atoms in total. The summed E-state index contributed by atoms with van der Waals surface area (Å²) in [4.78, 5) is 21.1. The fourth-order valence-corrected chi connectivity index (χ4v) is 3.22. The Bertz CT molecular complexity index is 1140. The summed E-state index contributed by atoms with van der Waals surface area (Å²) in [6.07, 6.45) is 4.96. The van der Waals surface area contributed by atoms with Crippen molar-refractivity contribution >= 4 is 44.1 Å². The lowest BCUT2D eigenvalue weighted by Gasteiger charge is -2.09. The Kier molecular flexibility index (Phi) is 3.73. The van der Waals surface area contributed by atoms with E-state index in [1.165, 1.54) is 6.07 Å². The van der Waals surface area contributed by atoms with Crippen LogP contribution in [0, 0.1) is 12.7 Å². The second kappa shape index (κ2) is 5.93. The van der Waals surface area contributed by atoms with Gasteiger partial charge >= 0.3 is 0 Å². The van der Waals surface area contributed by atoms with E-state index in [1.807, 2.05) is 6.07 Å². The van der Waals surface area contributed by atoms with Crippen LogP contribution in [0.15, 0.2) is 53.4 Å². The van der Waals surface area contributed by atoms with Crippen LogP contribution < -0.4 is 5.32 Å². The number of nitrogens with one attached hydrogen (secondary N) is 1. The Labute approximate surface area is 150 Å². The first-order chi connectivity index (χ1) is 12.0. The van der Waals surface area contributed by atoms with Gasteiger partial charge in [0.15, 0.2) is 11.5 Å². The largest absolute Gasteiger partial charge is 0.320 e. The predicted molar refractivity (Wildman–Crippen MR) is 97.3 cm³/mol. The minimum Gasteiger partial charge on any atom is -0.320 e. The summed E-state index contributed by atoms with van der Waals surface area (Å²) in [5.41, 5.74) is 2.27. The number of carbonyl (C=O) groups excluding carboxylic acids is 1. The third kappa shape index (κ3) is 2.76. The van der Waals surface area contributed by atoms with Crippen LogP contribution in [-0.4, -0.2) is 20.3 Å². The van der Waals surface area contributed by atoms with Crippen LogP contribution in [0.25, 0.3) is 16.6 Å². The second-order valence-corrected chi connectivity index (χ2v) is 6.49. The molecule has 3 aromatic heterocycles. The van der Waals surface area contributed by atoms with Gasteiger partial charge in [-0.05, 0) is 25.1 Å². The Hall–Kier alpha value is -2.80. The van der Waals surface area contributed by atoms with Crippen molar-refractivity contribution < 1.29 is 9.18 Å². The van der Waals surface area contributed by atoms with Gasteiger partial charge < -0.3 is 9.72 Å². The van der Waals surface area contributed by atoms with Crippen molar-refractivity contribution in [1.29, 1.82) is 0 Å². The monoisotopic (exact) mass is 398 g/mol. The van der Waals surface area contributed by atoms with Gasteiger partial charge in [-0.2, -0.15) is 0 Å². The second-order valence-electron chi connectivity index (χ2n) is 5.64. The van der Waals surface area contributed by atoms with Crippen molar-refractivity contribution in [2.75, 3.05) is 5.32 Å². The van der Waals surface area contributed by atoms with Gasteiger partial charge in [-0.1, -0.05) is 22.0 Å². The number of benzene rings is 1. The third-order valence-corrected chi connectivity index (χ3v) is 4.54. The molecule has 25 heavy (non-hydrogen) atoms. The number of rotatable bonds is 2. The maximum atomic E-state index is 14.2. The Morgan fingerprint density at radius 1 is 1.28 bits per heavy atom.